The zero-order valence-electron chi connectivity index (χ0n) is 6.57. The van der Waals surface area contributed by atoms with Crippen LogP contribution in [0.25, 0.3) is 0 Å². The number of pyridine rings is 1. The molecule has 0 fully saturated rings. The maximum absolute atomic E-state index is 11.2. The number of hydrogen-bond acceptors (Lipinski definition) is 5. The summed E-state index contributed by atoms with van der Waals surface area (Å²) < 4.78 is 18.4. The summed E-state index contributed by atoms with van der Waals surface area (Å²) in [6.07, 6.45) is 2.73. The molecule has 1 aromatic rings. The van der Waals surface area contributed by atoms with Crippen LogP contribution in [-0.2, 0) is 9.73 Å². The smallest absolute Gasteiger partial charge is 0.139 e. The van der Waals surface area contributed by atoms with E-state index in [4.69, 9.17) is 10.6 Å². The Balaban J connectivity index is 3.09. The molecule has 1 unspecified atom stereocenters. The fraction of sp³-hybridized carbons (Fsp3) is 0.167. The van der Waals surface area contributed by atoms with E-state index < -0.39 is 9.73 Å². The van der Waals surface area contributed by atoms with Gasteiger partial charge in [0.25, 0.3) is 0 Å². The van der Waals surface area contributed by atoms with Gasteiger partial charge in [-0.15, -0.1) is 0 Å². The van der Waals surface area contributed by atoms with E-state index >= 15 is 0 Å². The number of hydrazine groups is 1. The van der Waals surface area contributed by atoms with Gasteiger partial charge in [0.1, 0.15) is 5.82 Å². The summed E-state index contributed by atoms with van der Waals surface area (Å²) in [6, 6.07) is 3.14. The van der Waals surface area contributed by atoms with Crippen molar-refractivity contribution < 1.29 is 4.21 Å². The van der Waals surface area contributed by atoms with Crippen molar-refractivity contribution in [2.24, 2.45) is 5.84 Å². The summed E-state index contributed by atoms with van der Waals surface area (Å²) in [5, 5.41) is 0. The van der Waals surface area contributed by atoms with Crippen molar-refractivity contribution in [3.05, 3.63) is 18.3 Å². The van der Waals surface area contributed by atoms with E-state index in [-0.39, 0.29) is 0 Å². The van der Waals surface area contributed by atoms with Crippen molar-refractivity contribution in [1.82, 2.24) is 4.98 Å². The average molecular weight is 186 g/mol. The summed E-state index contributed by atoms with van der Waals surface area (Å²) in [4.78, 5) is 4.23. The van der Waals surface area contributed by atoms with Gasteiger partial charge < -0.3 is 5.43 Å². The monoisotopic (exact) mass is 186 g/mol. The third kappa shape index (κ3) is 1.93. The van der Waals surface area contributed by atoms with Crippen LogP contribution >= 0.6 is 0 Å². The normalized spacial score (nSPS) is 15.2. The predicted octanol–water partition coefficient (Wildman–Crippen LogP) is 0.403. The molecule has 0 bridgehead atoms. The van der Waals surface area contributed by atoms with Crippen LogP contribution in [0.5, 0.6) is 0 Å². The Bertz CT molecular complexity index is 356. The average Bonchev–Trinajstić information content (AvgIpc) is 2.03. The minimum Gasteiger partial charge on any atom is -0.308 e. The molecule has 1 atom stereocenters. The molecular weight excluding hydrogens is 176 g/mol. The van der Waals surface area contributed by atoms with Gasteiger partial charge in [0, 0.05) is 12.5 Å². The van der Waals surface area contributed by atoms with Gasteiger partial charge in [-0.3, -0.25) is 0 Å². The summed E-state index contributed by atoms with van der Waals surface area (Å²) in [5.74, 6) is 5.57. The highest BCUT2D eigenvalue weighted by molar-refractivity contribution is 7.91. The molecule has 5 nitrogen and oxygen atoms in total. The van der Waals surface area contributed by atoms with E-state index in [0.29, 0.717) is 10.7 Å². The predicted molar refractivity (Wildman–Crippen MR) is 47.1 cm³/mol. The van der Waals surface area contributed by atoms with E-state index in [1.807, 2.05) is 0 Å². The Kier molecular flexibility index (Phi) is 2.30. The van der Waals surface area contributed by atoms with Crippen molar-refractivity contribution >= 4 is 15.5 Å². The molecule has 12 heavy (non-hydrogen) atoms. The minimum absolute atomic E-state index is 0.404. The SMILES string of the molecule is CS(=N)(=O)c1ccc(NN)nc1. The first-order valence-electron chi connectivity index (χ1n) is 3.20. The van der Waals surface area contributed by atoms with Crippen LogP contribution in [0.2, 0.25) is 0 Å². The molecule has 0 saturated carbocycles. The summed E-state index contributed by atoms with van der Waals surface area (Å²) in [6.45, 7) is 0. The standard InChI is InChI=1S/C6H10N4OS/c1-12(8,11)5-2-3-6(10-7)9-4-5/h2-4,8H,7H2,1H3,(H,9,10). The number of nitrogens with zero attached hydrogens (tertiary/aromatic N) is 1. The van der Waals surface area contributed by atoms with Gasteiger partial charge in [-0.2, -0.15) is 0 Å². The maximum atomic E-state index is 11.2. The van der Waals surface area contributed by atoms with Crippen molar-refractivity contribution in [1.29, 1.82) is 4.78 Å². The summed E-state index contributed by atoms with van der Waals surface area (Å²) >= 11 is 0. The molecule has 0 radical (unpaired) electrons. The fourth-order valence-corrected chi connectivity index (χ4v) is 1.28. The lowest BCUT2D eigenvalue weighted by Gasteiger charge is -2.01. The van der Waals surface area contributed by atoms with Crippen molar-refractivity contribution in [2.75, 3.05) is 11.7 Å². The Morgan fingerprint density at radius 1 is 1.67 bits per heavy atom. The van der Waals surface area contributed by atoms with Gasteiger partial charge in [-0.1, -0.05) is 0 Å². The first-order chi connectivity index (χ1) is 5.54. The Hall–Kier alpha value is -1.14. The number of nitrogens with one attached hydrogen (secondary N) is 2. The van der Waals surface area contributed by atoms with Crippen LogP contribution in [0, 0.1) is 4.78 Å². The quantitative estimate of drug-likeness (QED) is 0.460. The molecule has 0 aliphatic carbocycles. The molecule has 0 spiro atoms. The molecule has 1 aromatic heterocycles. The molecule has 6 heteroatoms. The maximum Gasteiger partial charge on any atom is 0.139 e. The van der Waals surface area contributed by atoms with E-state index in [0.717, 1.165) is 0 Å². The third-order valence-electron chi connectivity index (χ3n) is 1.33. The second-order valence-corrected chi connectivity index (χ2v) is 4.53. The number of nitrogens with two attached hydrogens (primary N) is 1. The first kappa shape index (κ1) is 8.95. The summed E-state index contributed by atoms with van der Waals surface area (Å²) in [5.41, 5.74) is 2.34. The molecule has 0 aliphatic rings. The second-order valence-electron chi connectivity index (χ2n) is 2.37. The first-order valence-corrected chi connectivity index (χ1v) is 5.17. The number of aromatic nitrogens is 1. The lowest BCUT2D eigenvalue weighted by molar-refractivity contribution is 0.678. The highest BCUT2D eigenvalue weighted by Gasteiger charge is 2.02. The molecule has 0 saturated heterocycles. The molecular formula is C6H10N4OS. The van der Waals surface area contributed by atoms with Gasteiger partial charge in [0.2, 0.25) is 0 Å². The zero-order valence-corrected chi connectivity index (χ0v) is 7.39. The molecule has 1 heterocycles. The van der Waals surface area contributed by atoms with Crippen molar-refractivity contribution in [3.8, 4) is 0 Å². The molecule has 4 N–H and O–H groups in total. The Morgan fingerprint density at radius 2 is 2.33 bits per heavy atom. The van der Waals surface area contributed by atoms with E-state index in [1.54, 1.807) is 12.1 Å². The minimum atomic E-state index is -2.66. The van der Waals surface area contributed by atoms with Gasteiger partial charge in [0.15, 0.2) is 0 Å². The zero-order chi connectivity index (χ0) is 9.19. The van der Waals surface area contributed by atoms with E-state index in [1.165, 1.54) is 12.5 Å². The van der Waals surface area contributed by atoms with Gasteiger partial charge in [0.05, 0.1) is 14.6 Å². The number of rotatable bonds is 2. The number of anilines is 1. The highest BCUT2D eigenvalue weighted by Crippen LogP contribution is 2.09. The number of hydrogen-bond donors (Lipinski definition) is 3. The fourth-order valence-electron chi connectivity index (χ4n) is 0.696. The van der Waals surface area contributed by atoms with Gasteiger partial charge in [-0.25, -0.2) is 19.8 Å². The molecule has 1 rings (SSSR count). The molecule has 0 aromatic carbocycles. The third-order valence-corrected chi connectivity index (χ3v) is 2.48. The summed E-state index contributed by atoms with van der Waals surface area (Å²) in [7, 11) is -2.66. The lowest BCUT2D eigenvalue weighted by Crippen LogP contribution is -2.08. The second kappa shape index (κ2) is 3.08. The highest BCUT2D eigenvalue weighted by atomic mass is 32.2. The van der Waals surface area contributed by atoms with E-state index in [2.05, 4.69) is 10.4 Å². The van der Waals surface area contributed by atoms with Crippen LogP contribution in [0.3, 0.4) is 0 Å². The largest absolute Gasteiger partial charge is 0.308 e. The Labute approximate surface area is 70.9 Å². The van der Waals surface area contributed by atoms with Gasteiger partial charge in [-0.05, 0) is 12.1 Å². The Morgan fingerprint density at radius 3 is 2.67 bits per heavy atom. The van der Waals surface area contributed by atoms with Gasteiger partial charge >= 0.3 is 0 Å². The molecule has 66 valence electrons. The van der Waals surface area contributed by atoms with E-state index in [9.17, 15) is 4.21 Å². The number of nitrogen functional groups attached to an aromatic ring is 1. The van der Waals surface area contributed by atoms with Crippen molar-refractivity contribution in [2.45, 2.75) is 4.90 Å². The topological polar surface area (TPSA) is 91.9 Å². The van der Waals surface area contributed by atoms with Crippen LogP contribution in [0.1, 0.15) is 0 Å². The lowest BCUT2D eigenvalue weighted by atomic mass is 10.5. The van der Waals surface area contributed by atoms with Crippen LogP contribution < -0.4 is 11.3 Å². The van der Waals surface area contributed by atoms with Crippen LogP contribution in [0.15, 0.2) is 23.2 Å². The van der Waals surface area contributed by atoms with Crippen LogP contribution in [-0.4, -0.2) is 15.4 Å². The van der Waals surface area contributed by atoms with Crippen LogP contribution in [0.4, 0.5) is 5.82 Å². The molecule has 0 aliphatic heterocycles. The van der Waals surface area contributed by atoms with Crippen molar-refractivity contribution in [3.63, 3.8) is 0 Å². The molecule has 0 amide bonds.